The highest BCUT2D eigenvalue weighted by atomic mass is 35.5. The van der Waals surface area contributed by atoms with Gasteiger partial charge in [0, 0.05) is 67.3 Å². The van der Waals surface area contributed by atoms with Crippen molar-refractivity contribution in [2.75, 3.05) is 38.6 Å². The van der Waals surface area contributed by atoms with Gasteiger partial charge in [0.2, 0.25) is 0 Å². The third-order valence-corrected chi connectivity index (χ3v) is 9.26. The number of alkyl halides is 1. The van der Waals surface area contributed by atoms with Crippen LogP contribution >= 0.6 is 11.6 Å². The molecule has 0 saturated carbocycles. The minimum atomic E-state index is 0.143. The molecule has 5 aromatic rings. The van der Waals surface area contributed by atoms with Crippen LogP contribution in [0.25, 0.3) is 21.7 Å². The Hall–Kier alpha value is -3.60. The maximum Gasteiger partial charge on any atom is 0.253 e. The van der Waals surface area contributed by atoms with Crippen molar-refractivity contribution in [1.82, 2.24) is 14.4 Å². The number of carbonyl (C=O) groups excluding carboxylic acids is 1. The molecule has 6 rings (SSSR count). The fourth-order valence-electron chi connectivity index (χ4n) is 6.40. The average molecular weight is 578 g/mol. The summed E-state index contributed by atoms with van der Waals surface area (Å²) in [5.41, 5.74) is 8.53. The maximum atomic E-state index is 13.5. The van der Waals surface area contributed by atoms with Crippen molar-refractivity contribution in [2.45, 2.75) is 39.7 Å². The van der Waals surface area contributed by atoms with Crippen LogP contribution in [0.5, 0.6) is 0 Å². The number of rotatable bonds is 9. The minimum absolute atomic E-state index is 0.143. The molecule has 0 bridgehead atoms. The lowest BCUT2D eigenvalue weighted by Gasteiger charge is -2.35. The normalized spacial score (nSPS) is 14.2. The Morgan fingerprint density at radius 3 is 2.33 bits per heavy atom. The third kappa shape index (κ3) is 6.11. The number of aromatic nitrogens is 1. The largest absolute Gasteiger partial charge is 0.345 e. The number of fused-ring (bicyclic) bond motifs is 2. The van der Waals surface area contributed by atoms with E-state index in [2.05, 4.69) is 96.1 Å². The van der Waals surface area contributed by atoms with Gasteiger partial charge in [0.25, 0.3) is 5.91 Å². The third-order valence-electron chi connectivity index (χ3n) is 8.99. The van der Waals surface area contributed by atoms with Gasteiger partial charge in [-0.3, -0.25) is 9.69 Å². The van der Waals surface area contributed by atoms with E-state index < -0.39 is 0 Å². The van der Waals surface area contributed by atoms with E-state index in [1.807, 2.05) is 17.0 Å². The van der Waals surface area contributed by atoms with Crippen molar-refractivity contribution in [2.24, 2.45) is 0 Å². The fraction of sp³-hybridized carbons (Fsp3) is 0.324. The van der Waals surface area contributed by atoms with Gasteiger partial charge >= 0.3 is 0 Å². The zero-order valence-corrected chi connectivity index (χ0v) is 25.5. The summed E-state index contributed by atoms with van der Waals surface area (Å²) in [6.45, 7) is 9.76. The molecule has 216 valence electrons. The summed E-state index contributed by atoms with van der Waals surface area (Å²) in [6.07, 6.45) is 2.81. The van der Waals surface area contributed by atoms with Crippen LogP contribution in [0, 0.1) is 13.8 Å². The summed E-state index contributed by atoms with van der Waals surface area (Å²) >= 11 is 5.97. The molecule has 1 aliphatic rings. The first kappa shape index (κ1) is 28.5. The van der Waals surface area contributed by atoms with Crippen LogP contribution in [0.1, 0.15) is 44.7 Å². The van der Waals surface area contributed by atoms with E-state index >= 15 is 0 Å². The summed E-state index contributed by atoms with van der Waals surface area (Å²) in [5.74, 6) is 0.817. The van der Waals surface area contributed by atoms with E-state index in [1.54, 1.807) is 0 Å². The summed E-state index contributed by atoms with van der Waals surface area (Å²) in [6, 6.07) is 30.3. The van der Waals surface area contributed by atoms with Gasteiger partial charge in [-0.25, -0.2) is 0 Å². The minimum Gasteiger partial charge on any atom is -0.345 e. The molecule has 42 heavy (non-hydrogen) atoms. The number of carbonyl (C=O) groups is 1. The lowest BCUT2D eigenvalue weighted by molar-refractivity contribution is 0.0638. The topological polar surface area (TPSA) is 28.5 Å². The van der Waals surface area contributed by atoms with Crippen molar-refractivity contribution in [3.8, 4) is 0 Å². The number of amides is 1. The van der Waals surface area contributed by atoms with Crippen LogP contribution in [-0.4, -0.2) is 58.9 Å². The summed E-state index contributed by atoms with van der Waals surface area (Å²) < 4.78 is 2.39. The Balaban J connectivity index is 1.06. The Morgan fingerprint density at radius 1 is 0.762 bits per heavy atom. The van der Waals surface area contributed by atoms with Gasteiger partial charge in [0.1, 0.15) is 0 Å². The van der Waals surface area contributed by atoms with Crippen molar-refractivity contribution >= 4 is 39.2 Å². The molecule has 1 aliphatic heterocycles. The molecule has 1 fully saturated rings. The second kappa shape index (κ2) is 12.7. The molecule has 1 amide bonds. The number of hydrogen-bond acceptors (Lipinski definition) is 2. The van der Waals surface area contributed by atoms with Gasteiger partial charge in [-0.1, -0.05) is 60.7 Å². The second-order valence-corrected chi connectivity index (χ2v) is 12.1. The Bertz CT molecular complexity index is 1710. The molecule has 1 saturated heterocycles. The molecule has 0 aliphatic carbocycles. The first-order valence-electron chi connectivity index (χ1n) is 15.2. The molecule has 5 heteroatoms. The lowest BCUT2D eigenvalue weighted by atomic mass is 10.00. The Kier molecular flexibility index (Phi) is 8.64. The number of halogens is 1. The van der Waals surface area contributed by atoms with Gasteiger partial charge in [-0.05, 0) is 90.4 Å². The molecule has 0 unspecified atom stereocenters. The highest BCUT2D eigenvalue weighted by Gasteiger charge is 2.22. The standard InChI is InChI=1S/C37H40ClN3O/c1-27-28(2)41(17-6-16-38)36-14-12-31(26-35(27)36)23-30-7-5-10-34(25-30)37(42)40-21-19-39(20-22-40)18-15-29-11-13-32-8-3-4-9-33(32)24-29/h3-5,7-14,24-26H,6,15-23H2,1-2H3. The second-order valence-electron chi connectivity index (χ2n) is 11.7. The molecule has 1 aromatic heterocycles. The summed E-state index contributed by atoms with van der Waals surface area (Å²) in [4.78, 5) is 18.0. The molecule has 0 spiro atoms. The molecule has 2 heterocycles. The quantitative estimate of drug-likeness (QED) is 0.168. The van der Waals surface area contributed by atoms with Gasteiger partial charge in [0.15, 0.2) is 0 Å². The van der Waals surface area contributed by atoms with Crippen LogP contribution in [0.2, 0.25) is 0 Å². The van der Waals surface area contributed by atoms with Crippen LogP contribution in [0.3, 0.4) is 0 Å². The molecule has 4 aromatic carbocycles. The first-order valence-corrected chi connectivity index (χ1v) is 15.8. The SMILES string of the molecule is Cc1c(C)n(CCCCl)c2ccc(Cc3cccc(C(=O)N4CCN(CCc5ccc6ccccc6c5)CC4)c3)cc12. The van der Waals surface area contributed by atoms with E-state index in [-0.39, 0.29) is 5.91 Å². The predicted molar refractivity (Wildman–Crippen MR) is 176 cm³/mol. The van der Waals surface area contributed by atoms with E-state index in [4.69, 9.17) is 11.6 Å². The zero-order valence-electron chi connectivity index (χ0n) is 24.8. The van der Waals surface area contributed by atoms with Crippen LogP contribution < -0.4 is 0 Å². The monoisotopic (exact) mass is 577 g/mol. The number of hydrogen-bond donors (Lipinski definition) is 0. The number of piperazine rings is 1. The van der Waals surface area contributed by atoms with Crippen LogP contribution in [0.15, 0.2) is 84.9 Å². The predicted octanol–water partition coefficient (Wildman–Crippen LogP) is 7.63. The van der Waals surface area contributed by atoms with E-state index in [0.717, 1.165) is 64.1 Å². The molecule has 4 nitrogen and oxygen atoms in total. The van der Waals surface area contributed by atoms with Gasteiger partial charge < -0.3 is 9.47 Å². The van der Waals surface area contributed by atoms with Gasteiger partial charge in [0.05, 0.1) is 0 Å². The smallest absolute Gasteiger partial charge is 0.253 e. The van der Waals surface area contributed by atoms with E-state index in [1.165, 1.54) is 49.6 Å². The lowest BCUT2D eigenvalue weighted by Crippen LogP contribution is -2.49. The van der Waals surface area contributed by atoms with E-state index in [0.29, 0.717) is 5.88 Å². The zero-order chi connectivity index (χ0) is 29.1. The highest BCUT2D eigenvalue weighted by molar-refractivity contribution is 6.17. The Labute approximate surface area is 254 Å². The molecular formula is C37H40ClN3O. The highest BCUT2D eigenvalue weighted by Crippen LogP contribution is 2.28. The molecule has 0 atom stereocenters. The number of benzene rings is 4. The molecule has 0 radical (unpaired) electrons. The number of aryl methyl sites for hydroxylation is 2. The fourth-order valence-corrected chi connectivity index (χ4v) is 6.52. The maximum absolute atomic E-state index is 13.5. The Morgan fingerprint density at radius 2 is 1.52 bits per heavy atom. The van der Waals surface area contributed by atoms with Crippen molar-refractivity contribution < 1.29 is 4.79 Å². The van der Waals surface area contributed by atoms with Gasteiger partial charge in [-0.2, -0.15) is 0 Å². The van der Waals surface area contributed by atoms with Crippen molar-refractivity contribution in [3.05, 3.63) is 118 Å². The molecular weight excluding hydrogens is 538 g/mol. The van der Waals surface area contributed by atoms with Crippen LogP contribution in [-0.2, 0) is 19.4 Å². The summed E-state index contributed by atoms with van der Waals surface area (Å²) in [7, 11) is 0. The van der Waals surface area contributed by atoms with Crippen molar-refractivity contribution in [1.29, 1.82) is 0 Å². The van der Waals surface area contributed by atoms with Crippen molar-refractivity contribution in [3.63, 3.8) is 0 Å². The van der Waals surface area contributed by atoms with Crippen LogP contribution in [0.4, 0.5) is 0 Å². The number of nitrogens with zero attached hydrogens (tertiary/aromatic N) is 3. The van der Waals surface area contributed by atoms with E-state index in [9.17, 15) is 4.79 Å². The molecule has 0 N–H and O–H groups in total. The first-order chi connectivity index (χ1) is 20.5. The average Bonchev–Trinajstić information content (AvgIpc) is 3.26. The van der Waals surface area contributed by atoms with Gasteiger partial charge in [-0.15, -0.1) is 11.6 Å². The summed E-state index contributed by atoms with van der Waals surface area (Å²) in [5, 5.41) is 3.90.